The Morgan fingerprint density at radius 2 is 2.41 bits per heavy atom. The highest BCUT2D eigenvalue weighted by atomic mass is 15.5. The van der Waals surface area contributed by atoms with Crippen LogP contribution in [-0.2, 0) is 0 Å². The van der Waals surface area contributed by atoms with Crippen LogP contribution in [0.4, 0.5) is 11.4 Å². The smallest absolute Gasteiger partial charge is 0.139 e. The maximum Gasteiger partial charge on any atom is 0.139 e. The predicted octanol–water partition coefficient (Wildman–Crippen LogP) is 2.57. The molecule has 1 atom stereocenters. The van der Waals surface area contributed by atoms with Gasteiger partial charge in [0.15, 0.2) is 0 Å². The highest BCUT2D eigenvalue weighted by Gasteiger charge is 2.27. The lowest BCUT2D eigenvalue weighted by molar-refractivity contribution is 0.275. The molecule has 1 aliphatic rings. The minimum atomic E-state index is 0.331. The molecule has 0 saturated carbocycles. The summed E-state index contributed by atoms with van der Waals surface area (Å²) in [5, 5.41) is 7.43. The summed E-state index contributed by atoms with van der Waals surface area (Å²) in [7, 11) is 2.09. The van der Waals surface area contributed by atoms with E-state index in [0.29, 0.717) is 11.7 Å². The zero-order valence-corrected chi connectivity index (χ0v) is 13.1. The van der Waals surface area contributed by atoms with Gasteiger partial charge in [0, 0.05) is 36.6 Å². The average molecular weight is 298 g/mol. The first kappa shape index (κ1) is 14.4. The molecule has 0 spiro atoms. The van der Waals surface area contributed by atoms with Crippen molar-refractivity contribution in [2.45, 2.75) is 25.8 Å². The van der Waals surface area contributed by atoms with E-state index in [9.17, 15) is 0 Å². The van der Waals surface area contributed by atoms with Gasteiger partial charge >= 0.3 is 0 Å². The molecule has 0 amide bonds. The number of hydrazone groups is 1. The highest BCUT2D eigenvalue weighted by molar-refractivity contribution is 5.96. The lowest BCUT2D eigenvalue weighted by Crippen LogP contribution is -2.44. The van der Waals surface area contributed by atoms with Crippen LogP contribution in [0.2, 0.25) is 0 Å². The molecule has 1 unspecified atom stereocenters. The van der Waals surface area contributed by atoms with Gasteiger partial charge in [0.1, 0.15) is 5.65 Å². The third-order valence-corrected chi connectivity index (χ3v) is 4.26. The predicted molar refractivity (Wildman–Crippen MR) is 91.9 cm³/mol. The number of rotatable bonds is 3. The molecule has 1 saturated heterocycles. The molecule has 0 bridgehead atoms. The van der Waals surface area contributed by atoms with Crippen LogP contribution >= 0.6 is 0 Å². The van der Waals surface area contributed by atoms with E-state index in [4.69, 9.17) is 5.73 Å². The normalized spacial score (nSPS) is 19.3. The summed E-state index contributed by atoms with van der Waals surface area (Å²) in [6.45, 7) is 6.83. The van der Waals surface area contributed by atoms with E-state index in [-0.39, 0.29) is 0 Å². The Balaban J connectivity index is 1.92. The van der Waals surface area contributed by atoms with Crippen LogP contribution in [0.1, 0.15) is 19.8 Å². The molecule has 2 aromatic rings. The maximum atomic E-state index is 6.20. The van der Waals surface area contributed by atoms with Crippen LogP contribution in [0.25, 0.3) is 11.0 Å². The molecule has 6 nitrogen and oxygen atoms in total. The van der Waals surface area contributed by atoms with Crippen molar-refractivity contribution in [2.24, 2.45) is 5.10 Å². The molecular formula is C16H22N6. The fourth-order valence-electron chi connectivity index (χ4n) is 3.05. The summed E-state index contributed by atoms with van der Waals surface area (Å²) in [6, 6.07) is 2.35. The SMILES string of the molecule is C=C1CCC(N(C)c2c(N)cnc3[nH]ccc23)CN1/N=C\C. The van der Waals surface area contributed by atoms with Gasteiger partial charge in [-0.05, 0) is 25.8 Å². The summed E-state index contributed by atoms with van der Waals surface area (Å²) >= 11 is 0. The average Bonchev–Trinajstić information content (AvgIpc) is 2.97. The van der Waals surface area contributed by atoms with Crippen LogP contribution in [0.5, 0.6) is 0 Å². The molecule has 1 aliphatic heterocycles. The molecule has 116 valence electrons. The Labute approximate surface area is 130 Å². The van der Waals surface area contributed by atoms with Gasteiger partial charge in [-0.25, -0.2) is 4.98 Å². The van der Waals surface area contributed by atoms with E-state index in [1.54, 1.807) is 12.4 Å². The van der Waals surface area contributed by atoms with E-state index >= 15 is 0 Å². The number of allylic oxidation sites excluding steroid dienone is 1. The number of nitrogens with one attached hydrogen (secondary N) is 1. The number of piperidine rings is 1. The molecule has 0 radical (unpaired) electrons. The number of likely N-dealkylation sites (N-methyl/N-ethyl adjacent to an activating group) is 1. The molecule has 2 aromatic heterocycles. The van der Waals surface area contributed by atoms with Crippen molar-refractivity contribution in [2.75, 3.05) is 24.2 Å². The Kier molecular flexibility index (Phi) is 3.75. The quantitative estimate of drug-likeness (QED) is 0.854. The number of pyridine rings is 1. The fourth-order valence-corrected chi connectivity index (χ4v) is 3.05. The Morgan fingerprint density at radius 3 is 3.18 bits per heavy atom. The summed E-state index contributed by atoms with van der Waals surface area (Å²) in [4.78, 5) is 9.72. The van der Waals surface area contributed by atoms with E-state index in [1.165, 1.54) is 0 Å². The molecule has 3 rings (SSSR count). The molecular weight excluding hydrogens is 276 g/mol. The van der Waals surface area contributed by atoms with Crippen molar-refractivity contribution >= 4 is 28.6 Å². The molecule has 3 N–H and O–H groups in total. The fraction of sp³-hybridized carbons (Fsp3) is 0.375. The maximum absolute atomic E-state index is 6.20. The standard InChI is InChI=1S/C16H22N6/c1-4-20-22-10-12(6-5-11(22)2)21(3)15-13-7-8-18-16(13)19-9-14(15)17/h4,7-9,12H,2,5-6,10,17H2,1,3H3,(H,18,19)/b20-4-. The van der Waals surface area contributed by atoms with Gasteiger partial charge in [-0.15, -0.1) is 0 Å². The number of fused-ring (bicyclic) bond motifs is 1. The summed E-state index contributed by atoms with van der Waals surface area (Å²) in [5.41, 5.74) is 9.85. The van der Waals surface area contributed by atoms with Gasteiger partial charge in [-0.3, -0.25) is 5.01 Å². The molecule has 22 heavy (non-hydrogen) atoms. The number of hydrogen-bond acceptors (Lipinski definition) is 5. The zero-order valence-electron chi connectivity index (χ0n) is 13.1. The van der Waals surface area contributed by atoms with Crippen LogP contribution in [0.15, 0.2) is 35.8 Å². The van der Waals surface area contributed by atoms with E-state index < -0.39 is 0 Å². The minimum absolute atomic E-state index is 0.331. The number of hydrogen-bond donors (Lipinski definition) is 2. The first-order valence-corrected chi connectivity index (χ1v) is 7.50. The monoisotopic (exact) mass is 298 g/mol. The Hall–Kier alpha value is -2.50. The van der Waals surface area contributed by atoms with Crippen molar-refractivity contribution in [3.8, 4) is 0 Å². The van der Waals surface area contributed by atoms with Gasteiger partial charge in [0.2, 0.25) is 0 Å². The first-order chi connectivity index (χ1) is 10.6. The van der Waals surface area contributed by atoms with Crippen LogP contribution in [-0.4, -0.2) is 40.8 Å². The summed E-state index contributed by atoms with van der Waals surface area (Å²) < 4.78 is 0. The number of aromatic nitrogens is 2. The van der Waals surface area contributed by atoms with E-state index in [2.05, 4.69) is 33.6 Å². The van der Waals surface area contributed by atoms with Gasteiger partial charge in [0.05, 0.1) is 24.1 Å². The third kappa shape index (κ3) is 2.41. The van der Waals surface area contributed by atoms with Gasteiger partial charge in [0.25, 0.3) is 0 Å². The van der Waals surface area contributed by atoms with Crippen LogP contribution in [0.3, 0.4) is 0 Å². The van der Waals surface area contributed by atoms with Crippen molar-refractivity contribution in [3.63, 3.8) is 0 Å². The van der Waals surface area contributed by atoms with E-state index in [1.807, 2.05) is 24.2 Å². The van der Waals surface area contributed by atoms with Crippen molar-refractivity contribution in [1.29, 1.82) is 0 Å². The molecule has 1 fully saturated rings. The first-order valence-electron chi connectivity index (χ1n) is 7.50. The van der Waals surface area contributed by atoms with Gasteiger partial charge in [-0.2, -0.15) is 5.10 Å². The number of aromatic amines is 1. The van der Waals surface area contributed by atoms with Crippen molar-refractivity contribution in [3.05, 3.63) is 30.7 Å². The number of anilines is 2. The number of nitrogen functional groups attached to an aromatic ring is 1. The van der Waals surface area contributed by atoms with Crippen molar-refractivity contribution < 1.29 is 0 Å². The molecule has 6 heteroatoms. The van der Waals surface area contributed by atoms with Crippen LogP contribution in [0, 0.1) is 0 Å². The number of nitrogens with zero attached hydrogens (tertiary/aromatic N) is 4. The highest BCUT2D eigenvalue weighted by Crippen LogP contribution is 2.34. The largest absolute Gasteiger partial charge is 0.396 e. The van der Waals surface area contributed by atoms with Crippen molar-refractivity contribution in [1.82, 2.24) is 15.0 Å². The summed E-state index contributed by atoms with van der Waals surface area (Å²) in [5.74, 6) is 0. The molecule has 0 aliphatic carbocycles. The van der Waals surface area contributed by atoms with Gasteiger partial charge in [-0.1, -0.05) is 6.58 Å². The third-order valence-electron chi connectivity index (χ3n) is 4.26. The minimum Gasteiger partial charge on any atom is -0.396 e. The molecule has 0 aromatic carbocycles. The Bertz CT molecular complexity index is 716. The summed E-state index contributed by atoms with van der Waals surface area (Å²) in [6.07, 6.45) is 7.39. The Morgan fingerprint density at radius 1 is 1.59 bits per heavy atom. The lowest BCUT2D eigenvalue weighted by atomic mass is 10.0. The number of nitrogens with two attached hydrogens (primary N) is 1. The molecule has 3 heterocycles. The van der Waals surface area contributed by atoms with Crippen LogP contribution < -0.4 is 10.6 Å². The second-order valence-electron chi connectivity index (χ2n) is 5.63. The number of H-pyrrole nitrogens is 1. The second kappa shape index (κ2) is 5.71. The second-order valence-corrected chi connectivity index (χ2v) is 5.63. The zero-order chi connectivity index (χ0) is 15.7. The van der Waals surface area contributed by atoms with Gasteiger partial charge < -0.3 is 15.6 Å². The van der Waals surface area contributed by atoms with E-state index in [0.717, 1.165) is 41.8 Å². The lowest BCUT2D eigenvalue weighted by Gasteiger charge is -2.38. The topological polar surface area (TPSA) is 73.5 Å².